The Balaban J connectivity index is 2.06. The van der Waals surface area contributed by atoms with E-state index in [0.717, 1.165) is 11.1 Å². The minimum Gasteiger partial charge on any atom is -0.494 e. The Labute approximate surface area is 151 Å². The van der Waals surface area contributed by atoms with E-state index in [1.54, 1.807) is 24.3 Å². The lowest BCUT2D eigenvalue weighted by atomic mass is 10.0. The maximum atomic E-state index is 14.1. The number of benzene rings is 2. The molecule has 0 aliphatic heterocycles. The average molecular weight is 359 g/mol. The van der Waals surface area contributed by atoms with Gasteiger partial charge in [-0.05, 0) is 48.6 Å². The Kier molecular flexibility index (Phi) is 6.33. The maximum absolute atomic E-state index is 14.1. The number of carbonyl (C=O) groups is 2. The second kappa shape index (κ2) is 8.47. The van der Waals surface area contributed by atoms with Crippen LogP contribution in [0.15, 0.2) is 36.4 Å². The molecule has 0 radical (unpaired) electrons. The molecule has 0 aliphatic carbocycles. The summed E-state index contributed by atoms with van der Waals surface area (Å²) in [7, 11) is 1.37. The highest BCUT2D eigenvalue weighted by Gasteiger charge is 2.22. The van der Waals surface area contributed by atoms with E-state index in [1.165, 1.54) is 13.2 Å². The predicted octanol–water partition coefficient (Wildman–Crippen LogP) is 3.33. The zero-order chi connectivity index (χ0) is 19.3. The van der Waals surface area contributed by atoms with Crippen LogP contribution >= 0.6 is 0 Å². The van der Waals surface area contributed by atoms with Crippen LogP contribution in [0.3, 0.4) is 0 Å². The molecular weight excluding hydrogens is 337 g/mol. The van der Waals surface area contributed by atoms with E-state index in [2.05, 4.69) is 5.32 Å². The quantitative estimate of drug-likeness (QED) is 0.795. The molecule has 6 heteroatoms. The highest BCUT2D eigenvalue weighted by Crippen LogP contribution is 2.21. The van der Waals surface area contributed by atoms with Gasteiger partial charge in [-0.25, -0.2) is 9.18 Å². The second-order valence-electron chi connectivity index (χ2n) is 6.12. The molecule has 0 heterocycles. The third kappa shape index (κ3) is 4.59. The van der Waals surface area contributed by atoms with Crippen molar-refractivity contribution in [3.8, 4) is 5.75 Å². The first-order valence-corrected chi connectivity index (χ1v) is 8.24. The van der Waals surface area contributed by atoms with Crippen LogP contribution in [0, 0.1) is 19.7 Å². The number of hydrogen-bond acceptors (Lipinski definition) is 3. The van der Waals surface area contributed by atoms with Crippen LogP contribution in [0.4, 0.5) is 4.39 Å². The summed E-state index contributed by atoms with van der Waals surface area (Å²) in [5, 5.41) is 11.9. The molecule has 138 valence electrons. The standard InChI is InChI=1S/C20H22FNO4/c1-12-7-8-15(11-13(12)2)19(20(24)25)22-17(23)10-9-14-5-4-6-16(26-3)18(14)21/h4-8,11,19H,9-10H2,1-3H3,(H,22,23)(H,24,25). The molecule has 0 saturated carbocycles. The van der Waals surface area contributed by atoms with E-state index in [-0.39, 0.29) is 18.6 Å². The number of carbonyl (C=O) groups excluding carboxylic acids is 1. The molecule has 0 spiro atoms. The minimum absolute atomic E-state index is 0.0291. The second-order valence-corrected chi connectivity index (χ2v) is 6.12. The number of ether oxygens (including phenoxy) is 1. The smallest absolute Gasteiger partial charge is 0.330 e. The Bertz CT molecular complexity index is 819. The Morgan fingerprint density at radius 1 is 1.19 bits per heavy atom. The number of aliphatic carboxylic acids is 1. The van der Waals surface area contributed by atoms with Crippen molar-refractivity contribution < 1.29 is 23.8 Å². The molecule has 2 aromatic carbocycles. The number of carboxylic acid groups (broad SMARTS) is 1. The number of carboxylic acids is 1. The van der Waals surface area contributed by atoms with Crippen LogP contribution in [0.2, 0.25) is 0 Å². The number of hydrogen-bond donors (Lipinski definition) is 2. The van der Waals surface area contributed by atoms with Crippen LogP contribution in [0.25, 0.3) is 0 Å². The average Bonchev–Trinajstić information content (AvgIpc) is 2.61. The summed E-state index contributed by atoms with van der Waals surface area (Å²) in [6.07, 6.45) is 0.118. The van der Waals surface area contributed by atoms with Crippen molar-refractivity contribution >= 4 is 11.9 Å². The van der Waals surface area contributed by atoms with Crippen molar-refractivity contribution in [1.82, 2.24) is 5.32 Å². The number of amides is 1. The van der Waals surface area contributed by atoms with Crippen LogP contribution in [-0.4, -0.2) is 24.1 Å². The fraction of sp³-hybridized carbons (Fsp3) is 0.300. The van der Waals surface area contributed by atoms with Crippen molar-refractivity contribution in [1.29, 1.82) is 0 Å². The minimum atomic E-state index is -1.14. The lowest BCUT2D eigenvalue weighted by molar-refractivity contribution is -0.142. The van der Waals surface area contributed by atoms with Crippen LogP contribution < -0.4 is 10.1 Å². The van der Waals surface area contributed by atoms with Gasteiger partial charge in [0.2, 0.25) is 5.91 Å². The first-order valence-electron chi connectivity index (χ1n) is 8.24. The van der Waals surface area contributed by atoms with Gasteiger partial charge in [-0.3, -0.25) is 4.79 Å². The summed E-state index contributed by atoms with van der Waals surface area (Å²) in [4.78, 5) is 23.7. The number of methoxy groups -OCH3 is 1. The molecule has 0 saturated heterocycles. The molecule has 2 rings (SSSR count). The summed E-state index contributed by atoms with van der Waals surface area (Å²) in [5.41, 5.74) is 2.83. The van der Waals surface area contributed by atoms with E-state index in [1.807, 2.05) is 19.9 Å². The van der Waals surface area contributed by atoms with E-state index >= 15 is 0 Å². The van der Waals surface area contributed by atoms with Crippen molar-refractivity contribution in [2.75, 3.05) is 7.11 Å². The lowest BCUT2D eigenvalue weighted by Crippen LogP contribution is -2.34. The Morgan fingerprint density at radius 3 is 2.54 bits per heavy atom. The first-order chi connectivity index (χ1) is 12.3. The van der Waals surface area contributed by atoms with Crippen molar-refractivity contribution in [2.24, 2.45) is 0 Å². The van der Waals surface area contributed by atoms with E-state index in [4.69, 9.17) is 4.74 Å². The predicted molar refractivity (Wildman–Crippen MR) is 95.7 cm³/mol. The molecule has 2 aromatic rings. The molecule has 1 unspecified atom stereocenters. The van der Waals surface area contributed by atoms with E-state index in [0.29, 0.717) is 11.1 Å². The zero-order valence-corrected chi connectivity index (χ0v) is 15.0. The van der Waals surface area contributed by atoms with Gasteiger partial charge in [-0.2, -0.15) is 0 Å². The molecule has 26 heavy (non-hydrogen) atoms. The fourth-order valence-electron chi connectivity index (χ4n) is 2.62. The Morgan fingerprint density at radius 2 is 1.92 bits per heavy atom. The normalized spacial score (nSPS) is 11.7. The summed E-state index contributed by atoms with van der Waals surface area (Å²) < 4.78 is 19.0. The monoisotopic (exact) mass is 359 g/mol. The zero-order valence-electron chi connectivity index (χ0n) is 15.0. The van der Waals surface area contributed by atoms with Gasteiger partial charge in [-0.15, -0.1) is 0 Å². The van der Waals surface area contributed by atoms with Crippen molar-refractivity contribution in [2.45, 2.75) is 32.7 Å². The number of halogens is 1. The van der Waals surface area contributed by atoms with Gasteiger partial charge >= 0.3 is 5.97 Å². The SMILES string of the molecule is COc1cccc(CCC(=O)NC(C(=O)O)c2ccc(C)c(C)c2)c1F. The summed E-state index contributed by atoms with van der Waals surface area (Å²) in [6.45, 7) is 3.81. The molecule has 0 aromatic heterocycles. The highest BCUT2D eigenvalue weighted by molar-refractivity contribution is 5.84. The van der Waals surface area contributed by atoms with Gasteiger partial charge in [0.25, 0.3) is 0 Å². The van der Waals surface area contributed by atoms with Crippen molar-refractivity contribution in [3.05, 3.63) is 64.5 Å². The maximum Gasteiger partial charge on any atom is 0.330 e. The van der Waals surface area contributed by atoms with Crippen molar-refractivity contribution in [3.63, 3.8) is 0 Å². The molecule has 0 bridgehead atoms. The first kappa shape index (κ1) is 19.4. The molecule has 5 nitrogen and oxygen atoms in total. The molecule has 2 N–H and O–H groups in total. The number of nitrogens with one attached hydrogen (secondary N) is 1. The van der Waals surface area contributed by atoms with Gasteiger partial charge in [0.05, 0.1) is 7.11 Å². The third-order valence-corrected chi connectivity index (χ3v) is 4.30. The van der Waals surface area contributed by atoms with Gasteiger partial charge in [0.15, 0.2) is 17.6 Å². The highest BCUT2D eigenvalue weighted by atomic mass is 19.1. The molecule has 1 atom stereocenters. The molecule has 1 amide bonds. The molecule has 0 fully saturated rings. The van der Waals surface area contributed by atoms with Crippen LogP contribution in [0.5, 0.6) is 5.75 Å². The van der Waals surface area contributed by atoms with Gasteiger partial charge in [0.1, 0.15) is 0 Å². The van der Waals surface area contributed by atoms with Gasteiger partial charge in [-0.1, -0.05) is 30.3 Å². The summed E-state index contributed by atoms with van der Waals surface area (Å²) in [6, 6.07) is 8.82. The number of rotatable bonds is 7. The van der Waals surface area contributed by atoms with Gasteiger partial charge in [0, 0.05) is 6.42 Å². The van der Waals surface area contributed by atoms with Crippen LogP contribution in [-0.2, 0) is 16.0 Å². The molecular formula is C20H22FNO4. The van der Waals surface area contributed by atoms with Gasteiger partial charge < -0.3 is 15.2 Å². The largest absolute Gasteiger partial charge is 0.494 e. The van der Waals surface area contributed by atoms with Crippen LogP contribution in [0.1, 0.15) is 34.7 Å². The van der Waals surface area contributed by atoms with E-state index < -0.39 is 23.7 Å². The number of aryl methyl sites for hydroxylation is 3. The summed E-state index contributed by atoms with van der Waals surface area (Å²) in [5.74, 6) is -2.00. The lowest BCUT2D eigenvalue weighted by Gasteiger charge is -2.16. The molecule has 0 aliphatic rings. The third-order valence-electron chi connectivity index (χ3n) is 4.30. The fourth-order valence-corrected chi connectivity index (χ4v) is 2.62. The van der Waals surface area contributed by atoms with E-state index in [9.17, 15) is 19.1 Å². The Hall–Kier alpha value is -2.89. The topological polar surface area (TPSA) is 75.6 Å². The summed E-state index contributed by atoms with van der Waals surface area (Å²) >= 11 is 0.